The molecule has 8 heteroatoms. The van der Waals surface area contributed by atoms with Crippen molar-refractivity contribution in [3.8, 4) is 0 Å². The molecule has 0 unspecified atom stereocenters. The van der Waals surface area contributed by atoms with Gasteiger partial charge in [-0.1, -0.05) is 0 Å². The highest BCUT2D eigenvalue weighted by Crippen LogP contribution is 2.18. The molecule has 126 valence electrons. The molecule has 0 atom stereocenters. The van der Waals surface area contributed by atoms with Crippen molar-refractivity contribution in [2.75, 3.05) is 60.5 Å². The van der Waals surface area contributed by atoms with E-state index in [1.165, 1.54) is 17.1 Å². The molecule has 7 nitrogen and oxygen atoms in total. The average Bonchev–Trinajstić information content (AvgIpc) is 3.25. The van der Waals surface area contributed by atoms with Gasteiger partial charge in [0.15, 0.2) is 0 Å². The first-order valence-electron chi connectivity index (χ1n) is 7.57. The first kappa shape index (κ1) is 18.8. The van der Waals surface area contributed by atoms with Crippen LogP contribution in [0.5, 0.6) is 0 Å². The Bertz CT molecular complexity index is 374. The summed E-state index contributed by atoms with van der Waals surface area (Å²) in [5.41, 5.74) is 0. The fourth-order valence-electron chi connectivity index (χ4n) is 1.85. The van der Waals surface area contributed by atoms with Crippen molar-refractivity contribution in [3.63, 3.8) is 0 Å². The third-order valence-corrected chi connectivity index (χ3v) is 5.10. The zero-order valence-electron chi connectivity index (χ0n) is 13.5. The Kier molecular flexibility index (Phi) is 8.69. The second kappa shape index (κ2) is 9.70. The van der Waals surface area contributed by atoms with Gasteiger partial charge in [0.05, 0.1) is 6.61 Å². The third kappa shape index (κ3) is 8.70. The lowest BCUT2D eigenvalue weighted by Crippen LogP contribution is -2.42. The minimum absolute atomic E-state index is 0.410. The van der Waals surface area contributed by atoms with Crippen LogP contribution in [-0.4, -0.2) is 84.2 Å². The number of hydrogen-bond acceptors (Lipinski definition) is 5. The maximum absolute atomic E-state index is 12.0. The highest BCUT2D eigenvalue weighted by Gasteiger charge is 2.20. The molecular formula is C13H30N4O3S. The molecule has 0 aromatic heterocycles. The van der Waals surface area contributed by atoms with E-state index in [0.717, 1.165) is 19.5 Å². The molecule has 0 bridgehead atoms. The van der Waals surface area contributed by atoms with Gasteiger partial charge >= 0.3 is 0 Å². The molecule has 0 aromatic rings. The van der Waals surface area contributed by atoms with Gasteiger partial charge in [0.25, 0.3) is 10.2 Å². The van der Waals surface area contributed by atoms with E-state index >= 15 is 0 Å². The predicted octanol–water partition coefficient (Wildman–Crippen LogP) is -0.527. The fraction of sp³-hybridized carbons (Fsp3) is 1.00. The van der Waals surface area contributed by atoms with Crippen molar-refractivity contribution >= 4 is 10.2 Å². The smallest absolute Gasteiger partial charge is 0.279 e. The topological polar surface area (TPSA) is 73.9 Å². The minimum Gasteiger partial charge on any atom is -0.383 e. The average molecular weight is 322 g/mol. The summed E-state index contributed by atoms with van der Waals surface area (Å²) in [5, 5.41) is 3.38. The monoisotopic (exact) mass is 322 g/mol. The fourth-order valence-corrected chi connectivity index (χ4v) is 2.79. The number of nitrogens with zero attached hydrogens (tertiary/aromatic N) is 2. The lowest BCUT2D eigenvalue weighted by Gasteiger charge is -2.20. The molecule has 1 fully saturated rings. The van der Waals surface area contributed by atoms with Gasteiger partial charge in [-0.2, -0.15) is 12.7 Å². The predicted molar refractivity (Wildman–Crippen MR) is 84.6 cm³/mol. The van der Waals surface area contributed by atoms with Gasteiger partial charge in [0.1, 0.15) is 0 Å². The molecule has 0 radical (unpaired) electrons. The summed E-state index contributed by atoms with van der Waals surface area (Å²) in [6.45, 7) is 3.93. The number of ether oxygens (including phenoxy) is 1. The van der Waals surface area contributed by atoms with E-state index in [0.29, 0.717) is 32.3 Å². The second-order valence-electron chi connectivity index (χ2n) is 5.60. The number of rotatable bonds is 13. The van der Waals surface area contributed by atoms with Crippen molar-refractivity contribution in [2.45, 2.75) is 25.3 Å². The molecule has 0 saturated heterocycles. The number of nitrogens with one attached hydrogen (secondary N) is 2. The van der Waals surface area contributed by atoms with Crippen LogP contribution in [0.4, 0.5) is 0 Å². The second-order valence-corrected chi connectivity index (χ2v) is 7.46. The van der Waals surface area contributed by atoms with E-state index in [9.17, 15) is 8.42 Å². The van der Waals surface area contributed by atoms with Gasteiger partial charge in [0, 0.05) is 46.4 Å². The molecule has 21 heavy (non-hydrogen) atoms. The Labute approximate surface area is 129 Å². The minimum atomic E-state index is -3.36. The largest absolute Gasteiger partial charge is 0.383 e. The lowest BCUT2D eigenvalue weighted by molar-refractivity contribution is 0.162. The first-order valence-corrected chi connectivity index (χ1v) is 9.01. The van der Waals surface area contributed by atoms with Gasteiger partial charge in [-0.3, -0.25) is 0 Å². The number of likely N-dealkylation sites (N-methyl/N-ethyl adjacent to an activating group) is 1. The van der Waals surface area contributed by atoms with Crippen LogP contribution >= 0.6 is 0 Å². The Morgan fingerprint density at radius 2 is 1.86 bits per heavy atom. The first-order chi connectivity index (χ1) is 9.95. The molecule has 2 N–H and O–H groups in total. The van der Waals surface area contributed by atoms with E-state index in [-0.39, 0.29) is 0 Å². The van der Waals surface area contributed by atoms with Crippen molar-refractivity contribution in [1.82, 2.24) is 19.2 Å². The molecule has 0 aromatic carbocycles. The molecule has 0 spiro atoms. The Hall–Kier alpha value is -0.250. The maximum atomic E-state index is 12.0. The van der Waals surface area contributed by atoms with Crippen molar-refractivity contribution in [1.29, 1.82) is 0 Å². The normalized spacial score (nSPS) is 16.0. The van der Waals surface area contributed by atoms with Gasteiger partial charge in [0.2, 0.25) is 0 Å². The van der Waals surface area contributed by atoms with Crippen LogP contribution in [0.1, 0.15) is 19.3 Å². The molecule has 1 aliphatic carbocycles. The molecule has 0 amide bonds. The summed E-state index contributed by atoms with van der Waals surface area (Å²) in [6.07, 6.45) is 3.35. The quantitative estimate of drug-likeness (QED) is 0.446. The third-order valence-electron chi connectivity index (χ3n) is 3.53. The van der Waals surface area contributed by atoms with E-state index in [2.05, 4.69) is 10.0 Å². The molecular weight excluding hydrogens is 292 g/mol. The van der Waals surface area contributed by atoms with E-state index in [1.807, 2.05) is 11.9 Å². The standard InChI is InChI=1S/C13H30N4O3S/c1-16(11-12-20-3)10-8-15-21(18,19)17(2)9-4-7-14-13-5-6-13/h13-15H,4-12H2,1-3H3. The van der Waals surface area contributed by atoms with Crippen LogP contribution in [0.3, 0.4) is 0 Å². The lowest BCUT2D eigenvalue weighted by atomic mass is 10.4. The summed E-state index contributed by atoms with van der Waals surface area (Å²) in [4.78, 5) is 2.03. The molecule has 1 aliphatic rings. The van der Waals surface area contributed by atoms with Crippen molar-refractivity contribution in [2.24, 2.45) is 0 Å². The van der Waals surface area contributed by atoms with Crippen LogP contribution in [-0.2, 0) is 14.9 Å². The summed E-state index contributed by atoms with van der Waals surface area (Å²) in [5.74, 6) is 0. The van der Waals surface area contributed by atoms with Crippen molar-refractivity contribution in [3.05, 3.63) is 0 Å². The van der Waals surface area contributed by atoms with Gasteiger partial charge in [-0.25, -0.2) is 4.72 Å². The Balaban J connectivity index is 2.11. The van der Waals surface area contributed by atoms with Crippen LogP contribution in [0.25, 0.3) is 0 Å². The van der Waals surface area contributed by atoms with Crippen LogP contribution < -0.4 is 10.0 Å². The van der Waals surface area contributed by atoms with Crippen LogP contribution in [0.2, 0.25) is 0 Å². The summed E-state index contributed by atoms with van der Waals surface area (Å²) in [6, 6.07) is 0.674. The van der Waals surface area contributed by atoms with Gasteiger partial charge < -0.3 is 15.0 Å². The molecule has 1 rings (SSSR count). The molecule has 0 aliphatic heterocycles. The SMILES string of the molecule is COCCN(C)CCNS(=O)(=O)N(C)CCCNC1CC1. The van der Waals surface area contributed by atoms with Gasteiger partial charge in [-0.05, 0) is 32.9 Å². The zero-order valence-corrected chi connectivity index (χ0v) is 14.3. The van der Waals surface area contributed by atoms with E-state index in [4.69, 9.17) is 4.74 Å². The number of hydrogen-bond donors (Lipinski definition) is 2. The van der Waals surface area contributed by atoms with Crippen LogP contribution in [0, 0.1) is 0 Å². The van der Waals surface area contributed by atoms with Crippen molar-refractivity contribution < 1.29 is 13.2 Å². The van der Waals surface area contributed by atoms with E-state index in [1.54, 1.807) is 14.2 Å². The molecule has 0 heterocycles. The summed E-state index contributed by atoms with van der Waals surface area (Å²) in [7, 11) is 1.86. The maximum Gasteiger partial charge on any atom is 0.279 e. The molecule has 1 saturated carbocycles. The zero-order chi connectivity index (χ0) is 15.7. The summed E-state index contributed by atoms with van der Waals surface area (Å²) >= 11 is 0. The highest BCUT2D eigenvalue weighted by atomic mass is 32.2. The Morgan fingerprint density at radius 3 is 2.48 bits per heavy atom. The Morgan fingerprint density at radius 1 is 1.14 bits per heavy atom. The highest BCUT2D eigenvalue weighted by molar-refractivity contribution is 7.87. The van der Waals surface area contributed by atoms with Crippen LogP contribution in [0.15, 0.2) is 0 Å². The van der Waals surface area contributed by atoms with E-state index < -0.39 is 10.2 Å². The summed E-state index contributed by atoms with van der Waals surface area (Å²) < 4.78 is 33.0. The van der Waals surface area contributed by atoms with Gasteiger partial charge in [-0.15, -0.1) is 0 Å². The number of methoxy groups -OCH3 is 1.